The highest BCUT2D eigenvalue weighted by atomic mass is 79.9. The third kappa shape index (κ3) is 2.41. The summed E-state index contributed by atoms with van der Waals surface area (Å²) in [6.45, 7) is 0. The van der Waals surface area contributed by atoms with Crippen LogP contribution in [0.4, 0.5) is 13.2 Å². The summed E-state index contributed by atoms with van der Waals surface area (Å²) in [5.74, 6) is -0.310. The molecule has 5 nitrogen and oxygen atoms in total. The van der Waals surface area contributed by atoms with Gasteiger partial charge in [-0.15, -0.1) is 0 Å². The lowest BCUT2D eigenvalue weighted by molar-refractivity contribution is -0.141. The number of alkyl halides is 3. The van der Waals surface area contributed by atoms with Gasteiger partial charge in [-0.3, -0.25) is 9.89 Å². The first-order chi connectivity index (χ1) is 8.29. The lowest BCUT2D eigenvalue weighted by Crippen LogP contribution is -2.16. The molecule has 2 aromatic heterocycles. The Bertz CT molecular complexity index is 651. The van der Waals surface area contributed by atoms with Gasteiger partial charge in [-0.05, 0) is 15.9 Å². The van der Waals surface area contributed by atoms with E-state index in [4.69, 9.17) is 11.6 Å². The molecule has 0 bridgehead atoms. The monoisotopic (exact) mass is 342 g/mol. The minimum atomic E-state index is -4.62. The van der Waals surface area contributed by atoms with Crippen molar-refractivity contribution < 1.29 is 13.2 Å². The average Bonchev–Trinajstić information content (AvgIpc) is 2.59. The van der Waals surface area contributed by atoms with E-state index in [-0.39, 0.29) is 15.4 Å². The largest absolute Gasteiger partial charge is 0.436 e. The highest BCUT2D eigenvalue weighted by molar-refractivity contribution is 9.10. The van der Waals surface area contributed by atoms with Crippen LogP contribution in [0, 0.1) is 0 Å². The Morgan fingerprint density at radius 3 is 2.61 bits per heavy atom. The normalized spacial score (nSPS) is 11.8. The number of hydrogen-bond acceptors (Lipinski definition) is 3. The third-order valence-corrected chi connectivity index (χ3v) is 2.68. The van der Waals surface area contributed by atoms with Gasteiger partial charge >= 0.3 is 6.18 Å². The van der Waals surface area contributed by atoms with Gasteiger partial charge in [0, 0.05) is 12.3 Å². The molecular weight excluding hydrogens is 340 g/mol. The minimum Gasteiger partial charge on any atom is -0.286 e. The zero-order valence-corrected chi connectivity index (χ0v) is 10.6. The maximum atomic E-state index is 12.5. The first-order valence-electron chi connectivity index (χ1n) is 4.37. The fourth-order valence-electron chi connectivity index (χ4n) is 1.19. The second-order valence-corrected chi connectivity index (χ2v) is 4.43. The Hall–Kier alpha value is -1.35. The topological polar surface area (TPSA) is 63.6 Å². The molecule has 2 aromatic rings. The van der Waals surface area contributed by atoms with Crippen LogP contribution < -0.4 is 5.43 Å². The van der Waals surface area contributed by atoms with Crippen LogP contribution in [0.5, 0.6) is 0 Å². The van der Waals surface area contributed by atoms with E-state index in [1.54, 1.807) is 0 Å². The quantitative estimate of drug-likeness (QED) is 0.865. The Balaban J connectivity index is 2.56. The summed E-state index contributed by atoms with van der Waals surface area (Å²) in [6, 6.07) is 0.993. The van der Waals surface area contributed by atoms with Crippen LogP contribution in [0.1, 0.15) is 5.69 Å². The van der Waals surface area contributed by atoms with Gasteiger partial charge < -0.3 is 0 Å². The summed E-state index contributed by atoms with van der Waals surface area (Å²) in [6.07, 6.45) is -3.63. The first-order valence-corrected chi connectivity index (χ1v) is 5.54. The molecule has 0 spiro atoms. The molecule has 0 unspecified atom stereocenters. The molecule has 18 heavy (non-hydrogen) atoms. The van der Waals surface area contributed by atoms with Crippen LogP contribution in [0.2, 0.25) is 5.15 Å². The number of halogens is 5. The summed E-state index contributed by atoms with van der Waals surface area (Å²) in [5.41, 5.74) is -1.79. The van der Waals surface area contributed by atoms with E-state index in [2.05, 4.69) is 31.2 Å². The molecule has 0 saturated carbocycles. The van der Waals surface area contributed by atoms with Gasteiger partial charge in [-0.1, -0.05) is 11.6 Å². The molecular formula is C8H3BrClF3N4O. The molecule has 2 heterocycles. The van der Waals surface area contributed by atoms with Crippen molar-refractivity contribution in [3.05, 3.63) is 37.8 Å². The Morgan fingerprint density at radius 1 is 1.44 bits per heavy atom. The van der Waals surface area contributed by atoms with E-state index < -0.39 is 17.3 Å². The van der Waals surface area contributed by atoms with Crippen molar-refractivity contribution in [2.45, 2.75) is 6.18 Å². The van der Waals surface area contributed by atoms with Gasteiger partial charge in [-0.25, -0.2) is 4.68 Å². The molecule has 1 N–H and O–H groups in total. The highest BCUT2D eigenvalue weighted by Gasteiger charge is 2.37. The van der Waals surface area contributed by atoms with Crippen molar-refractivity contribution in [2.75, 3.05) is 0 Å². The Kier molecular flexibility index (Phi) is 3.20. The maximum absolute atomic E-state index is 12.5. The summed E-state index contributed by atoms with van der Waals surface area (Å²) < 4.78 is 38.0. The lowest BCUT2D eigenvalue weighted by Gasteiger charge is -2.02. The zero-order valence-electron chi connectivity index (χ0n) is 8.29. The molecule has 0 atom stereocenters. The second kappa shape index (κ2) is 4.39. The number of rotatable bonds is 1. The van der Waals surface area contributed by atoms with Crippen molar-refractivity contribution >= 4 is 27.5 Å². The van der Waals surface area contributed by atoms with Crippen molar-refractivity contribution in [2.24, 2.45) is 0 Å². The summed E-state index contributed by atoms with van der Waals surface area (Å²) in [5, 5.41) is 9.03. The number of hydrogen-bond donors (Lipinski definition) is 1. The van der Waals surface area contributed by atoms with E-state index in [1.165, 1.54) is 0 Å². The molecule has 0 aromatic carbocycles. The van der Waals surface area contributed by atoms with Gasteiger partial charge in [0.2, 0.25) is 11.2 Å². The molecule has 0 aliphatic carbocycles. The number of aromatic amines is 1. The van der Waals surface area contributed by atoms with Crippen LogP contribution in [-0.4, -0.2) is 20.0 Å². The predicted molar refractivity (Wildman–Crippen MR) is 59.7 cm³/mol. The van der Waals surface area contributed by atoms with Crippen LogP contribution in [0.15, 0.2) is 21.5 Å². The van der Waals surface area contributed by atoms with Gasteiger partial charge in [-0.2, -0.15) is 23.4 Å². The molecule has 10 heteroatoms. The van der Waals surface area contributed by atoms with E-state index in [0.717, 1.165) is 16.9 Å². The van der Waals surface area contributed by atoms with Crippen molar-refractivity contribution in [1.29, 1.82) is 0 Å². The van der Waals surface area contributed by atoms with Crippen LogP contribution in [0.3, 0.4) is 0 Å². The summed E-state index contributed by atoms with van der Waals surface area (Å²) >= 11 is 8.20. The molecule has 2 rings (SSSR count). The number of nitrogens with one attached hydrogen (secondary N) is 1. The molecule has 0 fully saturated rings. The van der Waals surface area contributed by atoms with E-state index >= 15 is 0 Å². The van der Waals surface area contributed by atoms with Crippen LogP contribution in [0.25, 0.3) is 5.82 Å². The maximum Gasteiger partial charge on any atom is 0.436 e. The van der Waals surface area contributed by atoms with E-state index in [1.807, 2.05) is 0 Å². The fraction of sp³-hybridized carbons (Fsp3) is 0.125. The number of H-pyrrole nitrogens is 1. The summed E-state index contributed by atoms with van der Waals surface area (Å²) in [4.78, 5) is 11.5. The van der Waals surface area contributed by atoms with E-state index in [9.17, 15) is 18.0 Å². The highest BCUT2D eigenvalue weighted by Crippen LogP contribution is 2.33. The molecule has 0 saturated heterocycles. The molecule has 96 valence electrons. The number of nitrogens with zero attached hydrogens (tertiary/aromatic N) is 3. The van der Waals surface area contributed by atoms with Crippen molar-refractivity contribution in [3.8, 4) is 5.82 Å². The summed E-state index contributed by atoms with van der Waals surface area (Å²) in [7, 11) is 0. The van der Waals surface area contributed by atoms with Crippen molar-refractivity contribution in [1.82, 2.24) is 20.0 Å². The average molecular weight is 343 g/mol. The molecule has 0 amide bonds. The fourth-order valence-corrected chi connectivity index (χ4v) is 1.83. The molecule has 0 aliphatic heterocycles. The number of aromatic nitrogens is 4. The molecule has 0 radical (unpaired) electrons. The van der Waals surface area contributed by atoms with Gasteiger partial charge in [0.15, 0.2) is 5.69 Å². The first kappa shape index (κ1) is 13.1. The van der Waals surface area contributed by atoms with Gasteiger partial charge in [0.1, 0.15) is 5.15 Å². The third-order valence-electron chi connectivity index (χ3n) is 1.90. The lowest BCUT2D eigenvalue weighted by atomic mass is 10.4. The Labute approximate surface area is 111 Å². The minimum absolute atomic E-state index is 0.0222. The smallest absolute Gasteiger partial charge is 0.286 e. The van der Waals surface area contributed by atoms with Gasteiger partial charge in [0.05, 0.1) is 4.47 Å². The zero-order chi connectivity index (χ0) is 13.5. The van der Waals surface area contributed by atoms with E-state index in [0.29, 0.717) is 0 Å². The second-order valence-electron chi connectivity index (χ2n) is 3.17. The van der Waals surface area contributed by atoms with Crippen LogP contribution in [-0.2, 0) is 6.18 Å². The Morgan fingerprint density at radius 2 is 2.11 bits per heavy atom. The van der Waals surface area contributed by atoms with Crippen molar-refractivity contribution in [3.63, 3.8) is 0 Å². The van der Waals surface area contributed by atoms with Crippen LogP contribution >= 0.6 is 27.5 Å². The standard InChI is InChI=1S/C8H3BrClF3N4O/c9-3-2-17(16-6(3)8(11,12)13)7-4(18)1-5(10)14-15-7/h1-2H,(H,14,18). The van der Waals surface area contributed by atoms with Gasteiger partial charge in [0.25, 0.3) is 0 Å². The SMILES string of the molecule is O=c1cc(Cl)[nH]nc1-n1cc(Br)c(C(F)(F)F)n1. The molecule has 0 aliphatic rings. The predicted octanol–water partition coefficient (Wildman–Crippen LogP) is 2.39.